The van der Waals surface area contributed by atoms with E-state index in [1.165, 1.54) is 6.42 Å². The van der Waals surface area contributed by atoms with E-state index in [0.717, 1.165) is 64.7 Å². The zero-order valence-electron chi connectivity index (χ0n) is 19.1. The molecule has 2 N–H and O–H groups in total. The quantitative estimate of drug-likeness (QED) is 0.287. The number of halogens is 3. The fourth-order valence-electron chi connectivity index (χ4n) is 4.15. The normalized spacial score (nSPS) is 20.7. The lowest BCUT2D eigenvalue weighted by Gasteiger charge is -2.23. The van der Waals surface area contributed by atoms with Gasteiger partial charge in [-0.3, -0.25) is 4.99 Å². The zero-order chi connectivity index (χ0) is 22.1. The molecular formula is C22H37F2IN6O. The highest BCUT2D eigenvalue weighted by Crippen LogP contribution is 2.31. The molecule has 0 spiro atoms. The molecule has 3 rings (SSSR count). The predicted octanol–water partition coefficient (Wildman–Crippen LogP) is 2.68. The number of anilines is 1. The number of hydrogen-bond acceptors (Lipinski definition) is 5. The van der Waals surface area contributed by atoms with Gasteiger partial charge in [0.25, 0.3) is 0 Å². The molecule has 2 fully saturated rings. The summed E-state index contributed by atoms with van der Waals surface area (Å²) >= 11 is 0. The molecule has 0 aromatic heterocycles. The Morgan fingerprint density at radius 1 is 1.19 bits per heavy atom. The molecule has 2 aliphatic heterocycles. The molecule has 2 saturated heterocycles. The van der Waals surface area contributed by atoms with Crippen molar-refractivity contribution in [3.63, 3.8) is 0 Å². The number of nitrogens with one attached hydrogen (secondary N) is 2. The molecule has 0 aliphatic carbocycles. The number of alkyl halides is 2. The molecule has 1 atom stereocenters. The fourth-order valence-corrected chi connectivity index (χ4v) is 4.15. The Morgan fingerprint density at radius 2 is 2.00 bits per heavy atom. The van der Waals surface area contributed by atoms with E-state index in [4.69, 9.17) is 9.73 Å². The number of nitrogens with zero attached hydrogens (tertiary/aromatic N) is 4. The summed E-state index contributed by atoms with van der Waals surface area (Å²) in [5.74, 6) is 1.04. The molecule has 0 radical (unpaired) electrons. The van der Waals surface area contributed by atoms with Crippen molar-refractivity contribution in [1.29, 1.82) is 0 Å². The van der Waals surface area contributed by atoms with Crippen LogP contribution in [0.25, 0.3) is 0 Å². The zero-order valence-corrected chi connectivity index (χ0v) is 21.4. The summed E-state index contributed by atoms with van der Waals surface area (Å²) in [6.45, 7) is 7.71. The third-order valence-electron chi connectivity index (χ3n) is 5.79. The number of hydrogen-bond donors (Lipinski definition) is 2. The first-order chi connectivity index (χ1) is 15.0. The topological polar surface area (TPSA) is 55.4 Å². The maximum absolute atomic E-state index is 12.7. The van der Waals surface area contributed by atoms with Crippen molar-refractivity contribution in [1.82, 2.24) is 20.4 Å². The monoisotopic (exact) mass is 566 g/mol. The molecule has 7 nitrogen and oxygen atoms in total. The summed E-state index contributed by atoms with van der Waals surface area (Å²) in [5.41, 5.74) is 0.708. The smallest absolute Gasteiger partial charge is 0.387 e. The molecule has 32 heavy (non-hydrogen) atoms. The van der Waals surface area contributed by atoms with Crippen molar-refractivity contribution in [2.45, 2.75) is 32.4 Å². The van der Waals surface area contributed by atoms with E-state index in [2.05, 4.69) is 39.3 Å². The van der Waals surface area contributed by atoms with Crippen LogP contribution in [0.1, 0.15) is 19.8 Å². The van der Waals surface area contributed by atoms with Crippen LogP contribution in [-0.2, 0) is 0 Å². The van der Waals surface area contributed by atoms with Crippen molar-refractivity contribution in [2.75, 3.05) is 70.9 Å². The number of ether oxygens (including phenoxy) is 1. The fraction of sp³-hybridized carbons (Fsp3) is 0.682. The Balaban J connectivity index is 0.00000363. The van der Waals surface area contributed by atoms with Gasteiger partial charge in [0.15, 0.2) is 5.96 Å². The van der Waals surface area contributed by atoms with Crippen LogP contribution in [0, 0.1) is 0 Å². The Hall–Kier alpha value is -1.40. The van der Waals surface area contributed by atoms with Gasteiger partial charge in [0.1, 0.15) is 5.75 Å². The van der Waals surface area contributed by atoms with Gasteiger partial charge in [-0.15, -0.1) is 24.0 Å². The summed E-state index contributed by atoms with van der Waals surface area (Å²) < 4.78 is 30.2. The minimum atomic E-state index is -2.82. The number of para-hydroxylation sites is 2. The van der Waals surface area contributed by atoms with Crippen LogP contribution in [0.4, 0.5) is 14.5 Å². The molecule has 0 amide bonds. The Kier molecular flexibility index (Phi) is 11.7. The van der Waals surface area contributed by atoms with E-state index >= 15 is 0 Å². The van der Waals surface area contributed by atoms with Crippen LogP contribution in [0.3, 0.4) is 0 Å². The van der Waals surface area contributed by atoms with Gasteiger partial charge >= 0.3 is 6.61 Å². The van der Waals surface area contributed by atoms with E-state index in [-0.39, 0.29) is 35.8 Å². The summed E-state index contributed by atoms with van der Waals surface area (Å²) in [6, 6.07) is 7.18. The second-order valence-electron chi connectivity index (χ2n) is 8.18. The lowest BCUT2D eigenvalue weighted by molar-refractivity contribution is -0.0495. The van der Waals surface area contributed by atoms with Crippen LogP contribution in [0.5, 0.6) is 5.75 Å². The third-order valence-corrected chi connectivity index (χ3v) is 5.79. The highest BCUT2D eigenvalue weighted by atomic mass is 127. The maximum atomic E-state index is 12.7. The second-order valence-corrected chi connectivity index (χ2v) is 8.18. The number of rotatable bonds is 8. The van der Waals surface area contributed by atoms with Gasteiger partial charge < -0.3 is 30.1 Å². The van der Waals surface area contributed by atoms with Crippen LogP contribution < -0.4 is 20.3 Å². The van der Waals surface area contributed by atoms with Crippen LogP contribution in [0.15, 0.2) is 29.3 Å². The van der Waals surface area contributed by atoms with Gasteiger partial charge in [-0.25, -0.2) is 0 Å². The van der Waals surface area contributed by atoms with E-state index < -0.39 is 6.61 Å². The molecule has 0 saturated carbocycles. The number of benzene rings is 1. The summed E-state index contributed by atoms with van der Waals surface area (Å²) in [6.07, 6.45) is 2.11. The first kappa shape index (κ1) is 26.8. The van der Waals surface area contributed by atoms with Crippen LogP contribution >= 0.6 is 24.0 Å². The Bertz CT molecular complexity index is 711. The number of aliphatic imine (C=N–C) groups is 1. The number of likely N-dealkylation sites (N-methyl/N-ethyl adjacent to an activating group) is 1. The van der Waals surface area contributed by atoms with Crippen molar-refractivity contribution >= 4 is 35.6 Å². The van der Waals surface area contributed by atoms with Crippen LogP contribution in [0.2, 0.25) is 0 Å². The average molecular weight is 566 g/mol. The first-order valence-corrected chi connectivity index (χ1v) is 11.3. The average Bonchev–Trinajstić information content (AvgIpc) is 3.09. The highest BCUT2D eigenvalue weighted by Gasteiger charge is 2.26. The largest absolute Gasteiger partial charge is 0.433 e. The van der Waals surface area contributed by atoms with E-state index in [0.29, 0.717) is 12.2 Å². The standard InChI is InChI=1S/C22H36F2N6O.HI/c1-3-25-22(26-10-14-29-12-6-11-28(2)15-16-29)27-18-9-13-30(17-18)19-7-4-5-8-20(19)31-21(23)24;/h4-5,7-8,18,21H,3,6,9-17H2,1-2H3,(H2,25,26,27);1H. The van der Waals surface area contributed by atoms with E-state index in [1.54, 1.807) is 12.1 Å². The summed E-state index contributed by atoms with van der Waals surface area (Å²) in [7, 11) is 2.18. The highest BCUT2D eigenvalue weighted by molar-refractivity contribution is 14.0. The lowest BCUT2D eigenvalue weighted by Crippen LogP contribution is -2.45. The molecule has 0 bridgehead atoms. The molecule has 1 aromatic rings. The van der Waals surface area contributed by atoms with Gasteiger partial charge in [0.2, 0.25) is 0 Å². The van der Waals surface area contributed by atoms with Gasteiger partial charge in [0.05, 0.1) is 12.2 Å². The van der Waals surface area contributed by atoms with Gasteiger partial charge in [-0.05, 0) is 52.0 Å². The minimum Gasteiger partial charge on any atom is -0.433 e. The second kappa shape index (κ2) is 14.0. The molecular weight excluding hydrogens is 529 g/mol. The summed E-state index contributed by atoms with van der Waals surface area (Å²) in [4.78, 5) is 11.7. The van der Waals surface area contributed by atoms with Crippen molar-refractivity contribution in [2.24, 2.45) is 4.99 Å². The predicted molar refractivity (Wildman–Crippen MR) is 137 cm³/mol. The van der Waals surface area contributed by atoms with Crippen LogP contribution in [-0.4, -0.2) is 94.4 Å². The Labute approximate surface area is 207 Å². The minimum absolute atomic E-state index is 0. The maximum Gasteiger partial charge on any atom is 0.387 e. The van der Waals surface area contributed by atoms with Crippen molar-refractivity contribution in [3.8, 4) is 5.75 Å². The SMILES string of the molecule is CCNC(=NCCN1CCCN(C)CC1)NC1CCN(c2ccccc2OC(F)F)C1.I. The molecule has 1 aromatic carbocycles. The van der Waals surface area contributed by atoms with Gasteiger partial charge in [-0.1, -0.05) is 12.1 Å². The molecule has 2 aliphatic rings. The third kappa shape index (κ3) is 8.51. The van der Waals surface area contributed by atoms with Crippen molar-refractivity contribution < 1.29 is 13.5 Å². The van der Waals surface area contributed by atoms with E-state index in [1.807, 2.05) is 12.1 Å². The molecule has 2 heterocycles. The Morgan fingerprint density at radius 3 is 2.78 bits per heavy atom. The number of guanidine groups is 1. The molecule has 10 heteroatoms. The van der Waals surface area contributed by atoms with Gasteiger partial charge in [0, 0.05) is 45.3 Å². The molecule has 1 unspecified atom stereocenters. The van der Waals surface area contributed by atoms with E-state index in [9.17, 15) is 8.78 Å². The van der Waals surface area contributed by atoms with Crippen molar-refractivity contribution in [3.05, 3.63) is 24.3 Å². The molecule has 182 valence electrons. The summed E-state index contributed by atoms with van der Waals surface area (Å²) in [5, 5.41) is 6.84. The first-order valence-electron chi connectivity index (χ1n) is 11.3. The van der Waals surface area contributed by atoms with Gasteiger partial charge in [-0.2, -0.15) is 8.78 Å². The lowest BCUT2D eigenvalue weighted by atomic mass is 10.2.